The first kappa shape index (κ1) is 15.2. The van der Waals surface area contributed by atoms with Gasteiger partial charge in [0.25, 0.3) is 5.91 Å². The lowest BCUT2D eigenvalue weighted by molar-refractivity contribution is 0.0953. The molecule has 0 aliphatic carbocycles. The highest BCUT2D eigenvalue weighted by atomic mass is 79.9. The van der Waals surface area contributed by atoms with E-state index in [4.69, 9.17) is 0 Å². The number of nitrogens with one attached hydrogen (secondary N) is 1. The summed E-state index contributed by atoms with van der Waals surface area (Å²) < 4.78 is 0. The molecule has 100 valence electrons. The van der Waals surface area contributed by atoms with Crippen LogP contribution in [-0.2, 0) is 5.33 Å². The Labute approximate surface area is 118 Å². The second kappa shape index (κ2) is 8.27. The van der Waals surface area contributed by atoms with Gasteiger partial charge in [-0.1, -0.05) is 28.1 Å². The third-order valence-corrected chi connectivity index (χ3v) is 3.34. The Morgan fingerprint density at radius 1 is 1.22 bits per heavy atom. The van der Waals surface area contributed by atoms with E-state index in [1.54, 1.807) is 0 Å². The number of alkyl halides is 1. The summed E-state index contributed by atoms with van der Waals surface area (Å²) in [6.07, 6.45) is 2.12. The van der Waals surface area contributed by atoms with Gasteiger partial charge in [-0.25, -0.2) is 0 Å². The largest absolute Gasteiger partial charge is 0.352 e. The van der Waals surface area contributed by atoms with Crippen LogP contribution in [-0.4, -0.2) is 38.0 Å². The Morgan fingerprint density at radius 2 is 1.89 bits per heavy atom. The van der Waals surface area contributed by atoms with Gasteiger partial charge in [-0.05, 0) is 51.2 Å². The quantitative estimate of drug-likeness (QED) is 0.620. The maximum absolute atomic E-state index is 11.8. The summed E-state index contributed by atoms with van der Waals surface area (Å²) in [7, 11) is 4.12. The minimum absolute atomic E-state index is 0.0148. The maximum Gasteiger partial charge on any atom is 0.251 e. The fourth-order valence-electron chi connectivity index (χ4n) is 1.60. The summed E-state index contributed by atoms with van der Waals surface area (Å²) >= 11 is 3.39. The van der Waals surface area contributed by atoms with Gasteiger partial charge in [0, 0.05) is 17.4 Å². The lowest BCUT2D eigenvalue weighted by Crippen LogP contribution is -2.25. The first-order valence-corrected chi connectivity index (χ1v) is 7.33. The molecule has 3 nitrogen and oxygen atoms in total. The van der Waals surface area contributed by atoms with Gasteiger partial charge in [0.2, 0.25) is 0 Å². The molecule has 0 saturated carbocycles. The highest BCUT2D eigenvalue weighted by molar-refractivity contribution is 9.08. The second-order valence-electron chi connectivity index (χ2n) is 4.60. The summed E-state index contributed by atoms with van der Waals surface area (Å²) in [6.45, 7) is 1.81. The molecule has 0 aliphatic heterocycles. The van der Waals surface area contributed by atoms with E-state index < -0.39 is 0 Å². The predicted molar refractivity (Wildman–Crippen MR) is 79.2 cm³/mol. The Hall–Kier alpha value is -0.870. The summed E-state index contributed by atoms with van der Waals surface area (Å²) in [4.78, 5) is 14.0. The van der Waals surface area contributed by atoms with Crippen molar-refractivity contribution in [2.45, 2.75) is 18.2 Å². The molecular weight excluding hydrogens is 292 g/mol. The lowest BCUT2D eigenvalue weighted by atomic mass is 10.1. The molecule has 0 bridgehead atoms. The minimum atomic E-state index is 0.0148. The Kier molecular flexibility index (Phi) is 6.98. The van der Waals surface area contributed by atoms with Crippen LogP contribution in [0.4, 0.5) is 0 Å². The zero-order chi connectivity index (χ0) is 13.4. The number of nitrogens with zero attached hydrogens (tertiary/aromatic N) is 1. The number of hydrogen-bond donors (Lipinski definition) is 1. The molecule has 0 aromatic heterocycles. The number of carbonyl (C=O) groups excluding carboxylic acids is 1. The minimum Gasteiger partial charge on any atom is -0.352 e. The van der Waals surface area contributed by atoms with Crippen LogP contribution < -0.4 is 5.32 Å². The summed E-state index contributed by atoms with van der Waals surface area (Å²) in [5, 5.41) is 3.76. The fourth-order valence-corrected chi connectivity index (χ4v) is 1.98. The third-order valence-electron chi connectivity index (χ3n) is 2.69. The molecule has 0 atom stereocenters. The summed E-state index contributed by atoms with van der Waals surface area (Å²) in [5.74, 6) is 0.0148. The van der Waals surface area contributed by atoms with E-state index in [2.05, 4.69) is 40.2 Å². The molecule has 0 aliphatic rings. The smallest absolute Gasteiger partial charge is 0.251 e. The van der Waals surface area contributed by atoms with Gasteiger partial charge in [-0.15, -0.1) is 0 Å². The van der Waals surface area contributed by atoms with Crippen molar-refractivity contribution >= 4 is 21.8 Å². The lowest BCUT2D eigenvalue weighted by Gasteiger charge is -2.09. The molecule has 18 heavy (non-hydrogen) atoms. The molecule has 0 spiro atoms. The van der Waals surface area contributed by atoms with Crippen LogP contribution in [0.1, 0.15) is 28.8 Å². The molecule has 1 rings (SSSR count). The molecule has 0 heterocycles. The molecule has 4 heteroatoms. The molecule has 0 radical (unpaired) electrons. The molecule has 1 aromatic rings. The van der Waals surface area contributed by atoms with E-state index in [-0.39, 0.29) is 5.91 Å². The second-order valence-corrected chi connectivity index (χ2v) is 5.16. The first-order chi connectivity index (χ1) is 8.63. The normalized spacial score (nSPS) is 10.7. The number of unbranched alkanes of at least 4 members (excludes halogenated alkanes) is 1. The van der Waals surface area contributed by atoms with Crippen molar-refractivity contribution in [2.24, 2.45) is 0 Å². The number of rotatable bonds is 7. The van der Waals surface area contributed by atoms with E-state index in [0.717, 1.165) is 36.8 Å². The van der Waals surface area contributed by atoms with Crippen molar-refractivity contribution in [3.05, 3.63) is 35.4 Å². The molecule has 1 aromatic carbocycles. The van der Waals surface area contributed by atoms with Gasteiger partial charge in [0.1, 0.15) is 0 Å². The standard InChI is InChI=1S/C14H21BrN2O/c1-17(2)10-4-3-9-16-14(18)13-7-5-12(11-15)6-8-13/h5-8H,3-4,9-11H2,1-2H3,(H,16,18). The maximum atomic E-state index is 11.8. The average Bonchev–Trinajstić information content (AvgIpc) is 2.38. The van der Waals surface area contributed by atoms with Crippen LogP contribution in [0, 0.1) is 0 Å². The van der Waals surface area contributed by atoms with Crippen molar-refractivity contribution in [2.75, 3.05) is 27.2 Å². The van der Waals surface area contributed by atoms with Gasteiger partial charge in [-0.3, -0.25) is 4.79 Å². The van der Waals surface area contributed by atoms with E-state index in [1.807, 2.05) is 24.3 Å². The zero-order valence-electron chi connectivity index (χ0n) is 11.1. The van der Waals surface area contributed by atoms with Crippen molar-refractivity contribution < 1.29 is 4.79 Å². The van der Waals surface area contributed by atoms with Gasteiger partial charge in [-0.2, -0.15) is 0 Å². The highest BCUT2D eigenvalue weighted by Crippen LogP contribution is 2.07. The zero-order valence-corrected chi connectivity index (χ0v) is 12.7. The van der Waals surface area contributed by atoms with E-state index in [0.29, 0.717) is 0 Å². The van der Waals surface area contributed by atoms with Crippen LogP contribution in [0.15, 0.2) is 24.3 Å². The Morgan fingerprint density at radius 3 is 2.44 bits per heavy atom. The van der Waals surface area contributed by atoms with Gasteiger partial charge < -0.3 is 10.2 Å². The highest BCUT2D eigenvalue weighted by Gasteiger charge is 2.04. The molecule has 0 fully saturated rings. The van der Waals surface area contributed by atoms with Gasteiger partial charge >= 0.3 is 0 Å². The average molecular weight is 313 g/mol. The molecular formula is C14H21BrN2O. The Bertz CT molecular complexity index is 363. The topological polar surface area (TPSA) is 32.3 Å². The summed E-state index contributed by atoms with van der Waals surface area (Å²) in [6, 6.07) is 7.67. The van der Waals surface area contributed by atoms with E-state index >= 15 is 0 Å². The van der Waals surface area contributed by atoms with Crippen LogP contribution in [0.2, 0.25) is 0 Å². The fraction of sp³-hybridized carbons (Fsp3) is 0.500. The van der Waals surface area contributed by atoms with Crippen molar-refractivity contribution in [3.8, 4) is 0 Å². The van der Waals surface area contributed by atoms with Crippen molar-refractivity contribution in [1.29, 1.82) is 0 Å². The van der Waals surface area contributed by atoms with Crippen molar-refractivity contribution in [1.82, 2.24) is 10.2 Å². The van der Waals surface area contributed by atoms with Crippen LogP contribution >= 0.6 is 15.9 Å². The van der Waals surface area contributed by atoms with Gasteiger partial charge in [0.15, 0.2) is 0 Å². The SMILES string of the molecule is CN(C)CCCCNC(=O)c1ccc(CBr)cc1. The van der Waals surface area contributed by atoms with Crippen LogP contribution in [0.5, 0.6) is 0 Å². The number of halogens is 1. The van der Waals surface area contributed by atoms with Gasteiger partial charge in [0.05, 0.1) is 0 Å². The molecule has 1 N–H and O–H groups in total. The molecule has 0 saturated heterocycles. The van der Waals surface area contributed by atoms with Crippen LogP contribution in [0.3, 0.4) is 0 Å². The van der Waals surface area contributed by atoms with E-state index in [9.17, 15) is 4.79 Å². The number of amides is 1. The Balaban J connectivity index is 2.27. The van der Waals surface area contributed by atoms with Crippen LogP contribution in [0.25, 0.3) is 0 Å². The first-order valence-electron chi connectivity index (χ1n) is 6.21. The monoisotopic (exact) mass is 312 g/mol. The van der Waals surface area contributed by atoms with E-state index in [1.165, 1.54) is 5.56 Å². The number of carbonyl (C=O) groups is 1. The number of benzene rings is 1. The molecule has 0 unspecified atom stereocenters. The number of hydrogen-bond acceptors (Lipinski definition) is 2. The summed E-state index contributed by atoms with van der Waals surface area (Å²) in [5.41, 5.74) is 1.91. The van der Waals surface area contributed by atoms with Crippen molar-refractivity contribution in [3.63, 3.8) is 0 Å². The third kappa shape index (κ3) is 5.65. The predicted octanol–water partition coefficient (Wildman–Crippen LogP) is 2.65. The molecule has 1 amide bonds.